The van der Waals surface area contributed by atoms with Crippen LogP contribution in [0.5, 0.6) is 0 Å². The van der Waals surface area contributed by atoms with E-state index in [-0.39, 0.29) is 85.2 Å². The third kappa shape index (κ3) is 15.8. The first-order valence-electron chi connectivity index (χ1n) is 39.1. The lowest BCUT2D eigenvalue weighted by Gasteiger charge is -2.54. The number of benzene rings is 8. The van der Waals surface area contributed by atoms with Gasteiger partial charge in [-0.1, -0.05) is 113 Å². The SMILES string of the molecule is Cc1cccc(CN2C(=O)CN3C(c4noc(Cc5cc(F)cc(F)c5)n4)C[NH2+]CC23C2CCC2)c1.Cc1cccc(CN2C(=O)CN3C2C[NH2+]C[C@@]3(c2cc(F)cc(F)c2)c2noc(Cc3cc(F)cc(F)c3)n2)c1.O=C1CN2C(C[NH2+]C[C@@]2(c2cc(F)cc(F)c2)c2nsc(CCc3ccccc3)n2)N1Cc1ccc2ocnc2c1. The summed E-state index contributed by atoms with van der Waals surface area (Å²) in [5, 5.41) is 15.6. The quantitative estimate of drug-likeness (QED) is 0.0639. The van der Waals surface area contributed by atoms with Crippen molar-refractivity contribution in [2.75, 3.05) is 58.9 Å². The predicted molar refractivity (Wildman–Crippen MR) is 408 cm³/mol. The van der Waals surface area contributed by atoms with E-state index in [2.05, 4.69) is 83.0 Å². The summed E-state index contributed by atoms with van der Waals surface area (Å²) >= 11 is 1.30. The Kier molecular flexibility index (Phi) is 21.8. The number of aryl methyl sites for hydroxylation is 4. The summed E-state index contributed by atoms with van der Waals surface area (Å²) in [5.41, 5.74) is 6.42. The van der Waals surface area contributed by atoms with Crippen molar-refractivity contribution >= 4 is 40.4 Å². The number of nitrogens with zero attached hydrogens (tertiary/aromatic N) is 13. The average Bonchev–Trinajstić information content (AvgIpc) is 1.59. The Morgan fingerprint density at radius 1 is 0.479 bits per heavy atom. The van der Waals surface area contributed by atoms with Crippen molar-refractivity contribution in [3.8, 4) is 0 Å². The van der Waals surface area contributed by atoms with E-state index in [1.807, 2.05) is 93.7 Å². The zero-order chi connectivity index (χ0) is 80.9. The first-order chi connectivity index (χ1) is 56.6. The zero-order valence-corrected chi connectivity index (χ0v) is 64.7. The second-order valence-electron chi connectivity index (χ2n) is 31.2. The predicted octanol–water partition coefficient (Wildman–Crippen LogP) is 8.96. The van der Waals surface area contributed by atoms with E-state index in [0.29, 0.717) is 98.9 Å². The third-order valence-corrected chi connectivity index (χ3v) is 24.4. The molecule has 3 amide bonds. The van der Waals surface area contributed by atoms with Crippen molar-refractivity contribution in [2.45, 2.75) is 114 Å². The second kappa shape index (κ2) is 32.6. The summed E-state index contributed by atoms with van der Waals surface area (Å²) in [6.07, 6.45) is 5.59. The first-order valence-corrected chi connectivity index (χ1v) is 39.8. The van der Waals surface area contributed by atoms with E-state index >= 15 is 0 Å². The molecule has 22 nitrogen and oxygen atoms in total. The van der Waals surface area contributed by atoms with Crippen LogP contribution in [-0.4, -0.2) is 159 Å². The van der Waals surface area contributed by atoms with Crippen LogP contribution in [-0.2, 0) is 70.8 Å². The standard InChI is InChI=1S/C30H26F2N6O2S.C29H25F4N5O2.C27H29F2N5O2/c31-22-11-21(12-23(32)13-22)30(29-35-26(41-36-29)9-7-19-4-2-1-3-5-19)17-33-14-27-37(28(39)16-38(27)30)15-20-6-8-25-24(10-20)34-18-40-25;1-17-3-2-4-18(5-17)14-37-26-13-34-16-29(38(26)15-27(37)39,20-9-23(32)12-24(33)10-20)28-35-25(40-36-28)8-19-6-21(30)11-22(31)7-19;1-17-4-2-5-18(8-17)14-34-25(35)15-33-23(13-30-16-27(33,34)20-6-3-7-20)26-31-24(36-32-26)11-19-9-21(28)12-22(29)10-19/h1-6,8,10-13,18,27,33H,7,9,14-17H2;2-7,9-12,26,34H,8,13-16H2,1H3;2,4-5,8-10,12,20,23,30H,3,6-7,11,13-16H2,1H3/p+3/t27?,30-;26?,29-;/m11./s1. The number of nitrogens with two attached hydrogens (primary N) is 3. The molecule has 1 saturated carbocycles. The number of amides is 3. The minimum Gasteiger partial charge on any atom is -0.443 e. The third-order valence-electron chi connectivity index (χ3n) is 23.6. The van der Waals surface area contributed by atoms with Gasteiger partial charge in [0, 0.05) is 56.2 Å². The number of rotatable bonds is 19. The number of oxazole rings is 1. The lowest BCUT2D eigenvalue weighted by Crippen LogP contribution is -2.96. The van der Waals surface area contributed by atoms with Gasteiger partial charge < -0.3 is 44.1 Å². The molecule has 4 aromatic heterocycles. The van der Waals surface area contributed by atoms with Gasteiger partial charge in [0.1, 0.15) is 108 Å². The Labute approximate surface area is 671 Å². The Balaban J connectivity index is 0.000000126. The highest BCUT2D eigenvalue weighted by Gasteiger charge is 2.64. The topological polar surface area (TPSA) is 250 Å². The molecule has 31 heteroatoms. The van der Waals surface area contributed by atoms with E-state index in [1.165, 1.54) is 71.9 Å². The van der Waals surface area contributed by atoms with Crippen molar-refractivity contribution in [3.63, 3.8) is 0 Å². The number of aromatic nitrogens is 7. The fraction of sp³-hybridized carbons (Fsp3) is 0.326. The number of carbonyl (C=O) groups excluding carboxylic acids is 3. The van der Waals surface area contributed by atoms with Crippen LogP contribution in [0.3, 0.4) is 0 Å². The monoisotopic (exact) mass is 1620 g/mol. The maximum Gasteiger partial charge on any atom is 0.238 e. The summed E-state index contributed by atoms with van der Waals surface area (Å²) in [6, 6.07) is 45.1. The maximum absolute atomic E-state index is 14.7. The van der Waals surface area contributed by atoms with Crippen LogP contribution in [0.2, 0.25) is 0 Å². The molecule has 8 aromatic carbocycles. The number of fused-ring (bicyclic) bond motifs is 4. The van der Waals surface area contributed by atoms with Gasteiger partial charge in [0.2, 0.25) is 35.3 Å². The summed E-state index contributed by atoms with van der Waals surface area (Å²) in [5.74, 6) is -3.88. The smallest absolute Gasteiger partial charge is 0.238 e. The minimum atomic E-state index is -1.32. The van der Waals surface area contributed by atoms with Crippen molar-refractivity contribution in [3.05, 3.63) is 313 Å². The van der Waals surface area contributed by atoms with Crippen LogP contribution in [0.1, 0.15) is 115 Å². The number of hydrogen-bond donors (Lipinski definition) is 3. The highest BCUT2D eigenvalue weighted by Crippen LogP contribution is 2.49. The molecular weight excluding hydrogens is 1540 g/mol. The molecule has 12 aromatic rings. The van der Waals surface area contributed by atoms with Gasteiger partial charge in [0.15, 0.2) is 40.4 Å². The minimum absolute atomic E-state index is 0.0264. The fourth-order valence-electron chi connectivity index (χ4n) is 18.2. The van der Waals surface area contributed by atoms with Gasteiger partial charge >= 0.3 is 0 Å². The largest absolute Gasteiger partial charge is 0.443 e. The van der Waals surface area contributed by atoms with Crippen LogP contribution < -0.4 is 16.0 Å². The van der Waals surface area contributed by atoms with Crippen molar-refractivity contribution in [1.82, 2.24) is 64.0 Å². The lowest BCUT2D eigenvalue weighted by atomic mass is 9.73. The molecule has 4 unspecified atom stereocenters. The van der Waals surface area contributed by atoms with Crippen LogP contribution >= 0.6 is 11.5 Å². The molecule has 7 fully saturated rings. The number of halogens is 8. The van der Waals surface area contributed by atoms with E-state index in [4.69, 9.17) is 22.8 Å². The van der Waals surface area contributed by atoms with E-state index < -0.39 is 69.4 Å². The molecule has 0 spiro atoms. The second-order valence-corrected chi connectivity index (χ2v) is 32.0. The highest BCUT2D eigenvalue weighted by atomic mass is 32.1. The number of hydrogen-bond acceptors (Lipinski definition) is 17. The molecule has 19 rings (SSSR count). The Bertz CT molecular complexity index is 5620. The highest BCUT2D eigenvalue weighted by molar-refractivity contribution is 7.05. The van der Waals surface area contributed by atoms with Gasteiger partial charge in [0.05, 0.1) is 39.0 Å². The Hall–Kier alpha value is -11.3. The summed E-state index contributed by atoms with van der Waals surface area (Å²) in [4.78, 5) is 70.7. The van der Waals surface area contributed by atoms with Gasteiger partial charge in [0.25, 0.3) is 0 Å². The molecule has 6 aliphatic heterocycles. The summed E-state index contributed by atoms with van der Waals surface area (Å²) in [6.45, 7) is 9.10. The Morgan fingerprint density at radius 2 is 0.991 bits per heavy atom. The fourth-order valence-corrected chi connectivity index (χ4v) is 19.0. The molecule has 602 valence electrons. The molecule has 1 aliphatic carbocycles. The summed E-state index contributed by atoms with van der Waals surface area (Å²) in [7, 11) is 0. The van der Waals surface area contributed by atoms with Crippen LogP contribution in [0.25, 0.3) is 11.1 Å². The van der Waals surface area contributed by atoms with E-state index in [9.17, 15) is 49.5 Å². The zero-order valence-electron chi connectivity index (χ0n) is 63.9. The number of piperazine rings is 3. The molecule has 117 heavy (non-hydrogen) atoms. The van der Waals surface area contributed by atoms with Crippen LogP contribution in [0, 0.1) is 66.3 Å². The molecular formula is C86H83F8N16O6S+3. The van der Waals surface area contributed by atoms with Crippen molar-refractivity contribution < 1.29 is 78.9 Å². The van der Waals surface area contributed by atoms with E-state index in [1.54, 1.807) is 4.90 Å². The van der Waals surface area contributed by atoms with Gasteiger partial charge in [-0.2, -0.15) is 14.3 Å². The molecule has 7 aliphatic rings. The van der Waals surface area contributed by atoms with Crippen molar-refractivity contribution in [2.24, 2.45) is 5.92 Å². The molecule has 10 heterocycles. The molecule has 0 bridgehead atoms. The molecule has 0 radical (unpaired) electrons. The maximum atomic E-state index is 14.7. The molecule has 6 N–H and O–H groups in total. The lowest BCUT2D eigenvalue weighted by molar-refractivity contribution is -0.689. The molecule has 6 saturated heterocycles. The van der Waals surface area contributed by atoms with Gasteiger partial charge in [-0.3, -0.25) is 19.3 Å². The molecule has 6 atom stereocenters. The van der Waals surface area contributed by atoms with Gasteiger partial charge in [-0.05, 0) is 150 Å². The summed E-state index contributed by atoms with van der Waals surface area (Å²) < 4.78 is 134. The van der Waals surface area contributed by atoms with E-state index in [0.717, 1.165) is 95.0 Å². The Morgan fingerprint density at radius 3 is 1.56 bits per heavy atom. The number of carbonyl (C=O) groups is 3. The van der Waals surface area contributed by atoms with Crippen LogP contribution in [0.4, 0.5) is 35.1 Å². The van der Waals surface area contributed by atoms with Gasteiger partial charge in [-0.25, -0.2) is 54.9 Å². The van der Waals surface area contributed by atoms with Gasteiger partial charge in [-0.15, -0.1) is 0 Å². The number of quaternary nitrogens is 3. The van der Waals surface area contributed by atoms with Crippen LogP contribution in [0.15, 0.2) is 190 Å². The van der Waals surface area contributed by atoms with Crippen molar-refractivity contribution in [1.29, 1.82) is 0 Å². The average molecular weight is 1620 g/mol. The first kappa shape index (κ1) is 78.2. The normalized spacial score (nSPS) is 22.2.